The number of benzene rings is 1. The topological polar surface area (TPSA) is 40.5 Å². The molecular weight excluding hydrogens is 259 g/mol. The molecule has 0 bridgehead atoms. The third-order valence-corrected chi connectivity index (χ3v) is 2.79. The lowest BCUT2D eigenvalue weighted by Gasteiger charge is -2.21. The number of alkyl halides is 3. The molecule has 0 saturated carbocycles. The van der Waals surface area contributed by atoms with Crippen molar-refractivity contribution in [2.75, 3.05) is 18.5 Å². The Kier molecular flexibility index (Phi) is 4.94. The summed E-state index contributed by atoms with van der Waals surface area (Å²) in [5.74, 6) is 0. The van der Waals surface area contributed by atoms with E-state index >= 15 is 0 Å². The lowest BCUT2D eigenvalue weighted by molar-refractivity contribution is -0.137. The van der Waals surface area contributed by atoms with Crippen LogP contribution in [-0.4, -0.2) is 31.1 Å². The fourth-order valence-corrected chi connectivity index (χ4v) is 1.64. The highest BCUT2D eigenvalue weighted by Gasteiger charge is 2.33. The molecule has 6 heteroatoms. The van der Waals surface area contributed by atoms with Gasteiger partial charge in [-0.2, -0.15) is 13.2 Å². The standard InChI is InChI=1S/C13H16F3NO2/c1-9(19)5-6-17(2)11-4-3-10(8-18)12(7-11)13(14,15)16/h3-4,7-9,19H,5-6H2,1-2H3. The molecule has 0 heterocycles. The van der Waals surface area contributed by atoms with Gasteiger partial charge < -0.3 is 10.0 Å². The summed E-state index contributed by atoms with van der Waals surface area (Å²) in [6, 6.07) is 3.57. The molecule has 1 aromatic carbocycles. The summed E-state index contributed by atoms with van der Waals surface area (Å²) in [6.45, 7) is 2.04. The van der Waals surface area contributed by atoms with Crippen molar-refractivity contribution in [2.24, 2.45) is 0 Å². The van der Waals surface area contributed by atoms with E-state index in [9.17, 15) is 18.0 Å². The molecule has 0 spiro atoms. The highest BCUT2D eigenvalue weighted by atomic mass is 19.4. The highest BCUT2D eigenvalue weighted by Crippen LogP contribution is 2.33. The molecule has 1 N–H and O–H groups in total. The fraction of sp³-hybridized carbons (Fsp3) is 0.462. The number of rotatable bonds is 5. The third kappa shape index (κ3) is 4.24. The van der Waals surface area contributed by atoms with Crippen LogP contribution in [0.2, 0.25) is 0 Å². The van der Waals surface area contributed by atoms with Crippen LogP contribution in [0, 0.1) is 0 Å². The van der Waals surface area contributed by atoms with Crippen molar-refractivity contribution in [3.05, 3.63) is 29.3 Å². The first-order valence-electron chi connectivity index (χ1n) is 5.81. The number of hydrogen-bond donors (Lipinski definition) is 1. The molecule has 1 atom stereocenters. The molecule has 0 aliphatic heterocycles. The molecule has 0 aliphatic carbocycles. The van der Waals surface area contributed by atoms with Gasteiger partial charge in [0.2, 0.25) is 0 Å². The number of hydrogen-bond acceptors (Lipinski definition) is 3. The first-order chi connectivity index (χ1) is 8.75. The maximum absolute atomic E-state index is 12.8. The van der Waals surface area contributed by atoms with Gasteiger partial charge in [-0.3, -0.25) is 4.79 Å². The van der Waals surface area contributed by atoms with Crippen molar-refractivity contribution in [1.82, 2.24) is 0 Å². The van der Waals surface area contributed by atoms with E-state index in [0.29, 0.717) is 18.7 Å². The summed E-state index contributed by atoms with van der Waals surface area (Å²) in [5, 5.41) is 9.16. The van der Waals surface area contributed by atoms with Crippen molar-refractivity contribution in [2.45, 2.75) is 25.6 Å². The summed E-state index contributed by atoms with van der Waals surface area (Å²) in [5.41, 5.74) is -0.956. The van der Waals surface area contributed by atoms with E-state index in [-0.39, 0.29) is 11.8 Å². The van der Waals surface area contributed by atoms with Gasteiger partial charge in [0.1, 0.15) is 0 Å². The number of aliphatic hydroxyl groups is 1. The number of aliphatic hydroxyl groups excluding tert-OH is 1. The van der Waals surface area contributed by atoms with Crippen LogP contribution >= 0.6 is 0 Å². The largest absolute Gasteiger partial charge is 0.417 e. The van der Waals surface area contributed by atoms with E-state index in [2.05, 4.69) is 0 Å². The first-order valence-corrected chi connectivity index (χ1v) is 5.81. The van der Waals surface area contributed by atoms with Crippen LogP contribution in [-0.2, 0) is 6.18 Å². The van der Waals surface area contributed by atoms with E-state index in [0.717, 1.165) is 12.1 Å². The van der Waals surface area contributed by atoms with Crippen LogP contribution in [0.3, 0.4) is 0 Å². The van der Waals surface area contributed by atoms with E-state index in [1.165, 1.54) is 6.07 Å². The van der Waals surface area contributed by atoms with Crippen molar-refractivity contribution in [3.63, 3.8) is 0 Å². The minimum atomic E-state index is -4.56. The Morgan fingerprint density at radius 2 is 2.05 bits per heavy atom. The number of halogens is 3. The predicted molar refractivity (Wildman–Crippen MR) is 66.4 cm³/mol. The summed E-state index contributed by atoms with van der Waals surface area (Å²) in [6.07, 6.45) is -4.42. The lowest BCUT2D eigenvalue weighted by Crippen LogP contribution is -2.22. The van der Waals surface area contributed by atoms with Crippen LogP contribution < -0.4 is 4.90 Å². The lowest BCUT2D eigenvalue weighted by atomic mass is 10.1. The Morgan fingerprint density at radius 1 is 1.42 bits per heavy atom. The molecule has 1 aromatic rings. The molecule has 0 aliphatic rings. The molecule has 19 heavy (non-hydrogen) atoms. The second-order valence-electron chi connectivity index (χ2n) is 4.45. The maximum atomic E-state index is 12.8. The monoisotopic (exact) mass is 275 g/mol. The Bertz CT molecular complexity index is 444. The van der Waals surface area contributed by atoms with E-state index in [4.69, 9.17) is 5.11 Å². The third-order valence-electron chi connectivity index (χ3n) is 2.79. The molecule has 3 nitrogen and oxygen atoms in total. The number of aldehydes is 1. The summed E-state index contributed by atoms with van der Waals surface area (Å²) in [4.78, 5) is 12.2. The van der Waals surface area contributed by atoms with Gasteiger partial charge in [0, 0.05) is 24.8 Å². The van der Waals surface area contributed by atoms with Gasteiger partial charge in [-0.25, -0.2) is 0 Å². The molecule has 1 rings (SSSR count). The Labute approximate surface area is 109 Å². The molecular formula is C13H16F3NO2. The minimum Gasteiger partial charge on any atom is -0.393 e. The predicted octanol–water partition coefficient (Wildman–Crippen LogP) is 2.73. The van der Waals surface area contributed by atoms with Crippen molar-refractivity contribution in [1.29, 1.82) is 0 Å². The zero-order chi connectivity index (χ0) is 14.6. The average Bonchev–Trinajstić information content (AvgIpc) is 2.34. The van der Waals surface area contributed by atoms with Crippen LogP contribution in [0.4, 0.5) is 18.9 Å². The molecule has 1 unspecified atom stereocenters. The molecule has 0 saturated heterocycles. The second-order valence-corrected chi connectivity index (χ2v) is 4.45. The zero-order valence-corrected chi connectivity index (χ0v) is 10.7. The molecule has 0 amide bonds. The van der Waals surface area contributed by atoms with E-state index in [1.54, 1.807) is 18.9 Å². The van der Waals surface area contributed by atoms with Crippen molar-refractivity contribution in [3.8, 4) is 0 Å². The highest BCUT2D eigenvalue weighted by molar-refractivity contribution is 5.79. The Morgan fingerprint density at radius 3 is 2.53 bits per heavy atom. The van der Waals surface area contributed by atoms with Gasteiger partial charge in [0.05, 0.1) is 11.7 Å². The van der Waals surface area contributed by atoms with Gasteiger partial charge in [0.15, 0.2) is 6.29 Å². The summed E-state index contributed by atoms with van der Waals surface area (Å²) in [7, 11) is 1.64. The number of carbonyl (C=O) groups is 1. The van der Waals surface area contributed by atoms with Crippen molar-refractivity contribution >= 4 is 12.0 Å². The molecule has 106 valence electrons. The maximum Gasteiger partial charge on any atom is 0.417 e. The SMILES string of the molecule is CC(O)CCN(C)c1ccc(C=O)c(C(F)(F)F)c1. The van der Waals surface area contributed by atoms with Crippen LogP contribution in [0.15, 0.2) is 18.2 Å². The van der Waals surface area contributed by atoms with Gasteiger partial charge in [-0.05, 0) is 31.5 Å². The Balaban J connectivity index is 3.01. The smallest absolute Gasteiger partial charge is 0.393 e. The minimum absolute atomic E-state index is 0.197. The van der Waals surface area contributed by atoms with Crippen LogP contribution in [0.1, 0.15) is 29.3 Å². The zero-order valence-electron chi connectivity index (χ0n) is 10.7. The molecule has 0 radical (unpaired) electrons. The van der Waals surface area contributed by atoms with Gasteiger partial charge in [-0.15, -0.1) is 0 Å². The van der Waals surface area contributed by atoms with Crippen molar-refractivity contribution < 1.29 is 23.1 Å². The van der Waals surface area contributed by atoms with Gasteiger partial charge in [0.25, 0.3) is 0 Å². The normalized spacial score (nSPS) is 13.2. The van der Waals surface area contributed by atoms with Gasteiger partial charge in [-0.1, -0.05) is 0 Å². The first kappa shape index (κ1) is 15.5. The number of nitrogens with zero attached hydrogens (tertiary/aromatic N) is 1. The van der Waals surface area contributed by atoms with Gasteiger partial charge >= 0.3 is 6.18 Å². The average molecular weight is 275 g/mol. The summed E-state index contributed by atoms with van der Waals surface area (Å²) < 4.78 is 38.3. The second kappa shape index (κ2) is 6.06. The van der Waals surface area contributed by atoms with E-state index in [1.807, 2.05) is 0 Å². The molecule has 0 fully saturated rings. The molecule has 0 aromatic heterocycles. The quantitative estimate of drug-likeness (QED) is 0.840. The van der Waals surface area contributed by atoms with E-state index < -0.39 is 17.8 Å². The number of anilines is 1. The summed E-state index contributed by atoms with van der Waals surface area (Å²) >= 11 is 0. The Hall–Kier alpha value is -1.56. The van der Waals surface area contributed by atoms with Crippen LogP contribution in [0.25, 0.3) is 0 Å². The fourth-order valence-electron chi connectivity index (χ4n) is 1.64. The van der Waals surface area contributed by atoms with Crippen LogP contribution in [0.5, 0.6) is 0 Å². The number of carbonyl (C=O) groups excluding carboxylic acids is 1.